The molecule has 2 aliphatic heterocycles. The van der Waals surface area contributed by atoms with Gasteiger partial charge in [0, 0.05) is 26.7 Å². The Hall–Kier alpha value is -1.18. The molecule has 0 aromatic heterocycles. The Kier molecular flexibility index (Phi) is 9.36. The maximum absolute atomic E-state index is 12.3. The Balaban J connectivity index is 1.59. The third-order valence-electron chi connectivity index (χ3n) is 5.40. The molecule has 7 heteroatoms. The molecule has 26 heavy (non-hydrogen) atoms. The molecule has 2 amide bonds. The second-order valence-electron chi connectivity index (χ2n) is 7.56. The van der Waals surface area contributed by atoms with Gasteiger partial charge >= 0.3 is 0 Å². The molecule has 0 aromatic rings. The molecule has 2 rings (SSSR count). The van der Waals surface area contributed by atoms with Crippen molar-refractivity contribution >= 4 is 11.8 Å². The molecule has 1 N–H and O–H groups in total. The zero-order valence-corrected chi connectivity index (χ0v) is 16.5. The van der Waals surface area contributed by atoms with E-state index in [0.29, 0.717) is 13.1 Å². The molecule has 7 nitrogen and oxygen atoms in total. The lowest BCUT2D eigenvalue weighted by Crippen LogP contribution is -2.45. The Morgan fingerprint density at radius 2 is 1.81 bits per heavy atom. The van der Waals surface area contributed by atoms with Crippen molar-refractivity contribution in [1.82, 2.24) is 20.0 Å². The van der Waals surface area contributed by atoms with Crippen LogP contribution in [0.15, 0.2) is 0 Å². The summed E-state index contributed by atoms with van der Waals surface area (Å²) < 4.78 is 5.40. The molecule has 2 aliphatic rings. The lowest BCUT2D eigenvalue weighted by Gasteiger charge is -2.34. The van der Waals surface area contributed by atoms with Crippen LogP contribution in [0.1, 0.15) is 32.6 Å². The van der Waals surface area contributed by atoms with Crippen molar-refractivity contribution in [1.29, 1.82) is 0 Å². The van der Waals surface area contributed by atoms with Crippen LogP contribution < -0.4 is 5.32 Å². The molecule has 2 saturated heterocycles. The Morgan fingerprint density at radius 3 is 2.46 bits per heavy atom. The molecule has 0 aliphatic carbocycles. The van der Waals surface area contributed by atoms with E-state index in [1.165, 1.54) is 30.7 Å². The van der Waals surface area contributed by atoms with Gasteiger partial charge in [-0.15, -0.1) is 0 Å². The van der Waals surface area contributed by atoms with E-state index in [-0.39, 0.29) is 18.4 Å². The molecule has 0 unspecified atom stereocenters. The normalized spacial score (nSPS) is 20.1. The third kappa shape index (κ3) is 7.60. The second kappa shape index (κ2) is 11.5. The van der Waals surface area contributed by atoms with Crippen molar-refractivity contribution in [2.75, 3.05) is 72.6 Å². The lowest BCUT2D eigenvalue weighted by atomic mass is 9.93. The summed E-state index contributed by atoms with van der Waals surface area (Å²) in [4.78, 5) is 30.3. The average Bonchev–Trinajstić information content (AvgIpc) is 2.66. The fraction of sp³-hybridized carbons (Fsp3) is 0.895. The van der Waals surface area contributed by atoms with Crippen molar-refractivity contribution in [3.63, 3.8) is 0 Å². The van der Waals surface area contributed by atoms with Gasteiger partial charge in [0.15, 0.2) is 0 Å². The van der Waals surface area contributed by atoms with Gasteiger partial charge in [0.1, 0.15) is 0 Å². The van der Waals surface area contributed by atoms with Crippen LogP contribution in [0, 0.1) is 5.92 Å². The average molecular weight is 369 g/mol. The standard InChI is InChI=1S/C19H36N4O3/c1-3-7-20-18(24)15-21(2)19(25)16-23-9-5-17(6-10-23)4-8-22-11-13-26-14-12-22/h17H,3-16H2,1-2H3,(H,20,24). The van der Waals surface area contributed by atoms with Crippen molar-refractivity contribution in [3.8, 4) is 0 Å². The van der Waals surface area contributed by atoms with Gasteiger partial charge in [0.05, 0.1) is 26.3 Å². The number of nitrogens with zero attached hydrogens (tertiary/aromatic N) is 3. The number of piperidine rings is 1. The predicted octanol–water partition coefficient (Wildman–Crippen LogP) is 0.405. The quantitative estimate of drug-likeness (QED) is 0.638. The van der Waals surface area contributed by atoms with E-state index in [0.717, 1.165) is 51.7 Å². The topological polar surface area (TPSA) is 65.1 Å². The summed E-state index contributed by atoms with van der Waals surface area (Å²) >= 11 is 0. The number of likely N-dealkylation sites (tertiary alicyclic amines) is 1. The number of amides is 2. The van der Waals surface area contributed by atoms with Gasteiger partial charge in [-0.25, -0.2) is 0 Å². The fourth-order valence-electron chi connectivity index (χ4n) is 3.56. The van der Waals surface area contributed by atoms with Gasteiger partial charge in [-0.3, -0.25) is 19.4 Å². The number of nitrogens with one attached hydrogen (secondary N) is 1. The SMILES string of the molecule is CCCNC(=O)CN(C)C(=O)CN1CCC(CCN2CCOCC2)CC1. The summed E-state index contributed by atoms with van der Waals surface area (Å²) in [5.41, 5.74) is 0. The van der Waals surface area contributed by atoms with E-state index in [2.05, 4.69) is 15.1 Å². The van der Waals surface area contributed by atoms with Crippen molar-refractivity contribution in [3.05, 3.63) is 0 Å². The number of hydrogen-bond donors (Lipinski definition) is 1. The summed E-state index contributed by atoms with van der Waals surface area (Å²) in [7, 11) is 1.71. The first kappa shape index (κ1) is 21.1. The minimum atomic E-state index is -0.0791. The first-order valence-corrected chi connectivity index (χ1v) is 10.1. The maximum atomic E-state index is 12.3. The minimum absolute atomic E-state index is 0.0309. The smallest absolute Gasteiger partial charge is 0.239 e. The van der Waals surface area contributed by atoms with Crippen LogP contribution in [-0.4, -0.2) is 99.1 Å². The largest absolute Gasteiger partial charge is 0.379 e. The van der Waals surface area contributed by atoms with Gasteiger partial charge in [-0.1, -0.05) is 6.92 Å². The predicted molar refractivity (Wildman–Crippen MR) is 102 cm³/mol. The van der Waals surface area contributed by atoms with E-state index in [1.807, 2.05) is 6.92 Å². The Bertz CT molecular complexity index is 433. The molecule has 2 heterocycles. The van der Waals surface area contributed by atoms with Crippen LogP contribution in [0.3, 0.4) is 0 Å². The monoisotopic (exact) mass is 368 g/mol. The maximum Gasteiger partial charge on any atom is 0.239 e. The molecule has 0 atom stereocenters. The Labute approximate surface area is 158 Å². The number of hydrogen-bond acceptors (Lipinski definition) is 5. The summed E-state index contributed by atoms with van der Waals surface area (Å²) in [5, 5.41) is 2.81. The molecule has 0 saturated carbocycles. The van der Waals surface area contributed by atoms with E-state index in [9.17, 15) is 9.59 Å². The summed E-state index contributed by atoms with van der Waals surface area (Å²) in [6.45, 7) is 10.2. The number of likely N-dealkylation sites (N-methyl/N-ethyl adjacent to an activating group) is 1. The number of carbonyl (C=O) groups excluding carboxylic acids is 2. The van der Waals surface area contributed by atoms with E-state index in [1.54, 1.807) is 7.05 Å². The zero-order chi connectivity index (χ0) is 18.8. The van der Waals surface area contributed by atoms with Gasteiger partial charge in [-0.2, -0.15) is 0 Å². The van der Waals surface area contributed by atoms with Crippen LogP contribution >= 0.6 is 0 Å². The highest BCUT2D eigenvalue weighted by Crippen LogP contribution is 2.21. The van der Waals surface area contributed by atoms with Gasteiger partial charge in [0.2, 0.25) is 11.8 Å². The molecule has 0 radical (unpaired) electrons. The fourth-order valence-corrected chi connectivity index (χ4v) is 3.56. The highest BCUT2D eigenvalue weighted by molar-refractivity contribution is 5.85. The molecule has 0 bridgehead atoms. The van der Waals surface area contributed by atoms with Crippen molar-refractivity contribution in [2.45, 2.75) is 32.6 Å². The number of morpholine rings is 1. The molecule has 0 spiro atoms. The number of ether oxygens (including phenoxy) is 1. The van der Waals surface area contributed by atoms with Crippen LogP contribution in [0.5, 0.6) is 0 Å². The van der Waals surface area contributed by atoms with Gasteiger partial charge in [0.25, 0.3) is 0 Å². The number of carbonyl (C=O) groups is 2. The van der Waals surface area contributed by atoms with Crippen molar-refractivity contribution in [2.24, 2.45) is 5.92 Å². The van der Waals surface area contributed by atoms with E-state index in [4.69, 9.17) is 4.74 Å². The zero-order valence-electron chi connectivity index (χ0n) is 16.5. The summed E-state index contributed by atoms with van der Waals surface area (Å²) in [6.07, 6.45) is 4.49. The third-order valence-corrected chi connectivity index (χ3v) is 5.40. The minimum Gasteiger partial charge on any atom is -0.379 e. The van der Waals surface area contributed by atoms with Crippen LogP contribution in [0.2, 0.25) is 0 Å². The molecular weight excluding hydrogens is 332 g/mol. The van der Waals surface area contributed by atoms with Gasteiger partial charge < -0.3 is 15.0 Å². The second-order valence-corrected chi connectivity index (χ2v) is 7.56. The first-order valence-electron chi connectivity index (χ1n) is 10.1. The van der Waals surface area contributed by atoms with Crippen molar-refractivity contribution < 1.29 is 14.3 Å². The molecule has 0 aromatic carbocycles. The van der Waals surface area contributed by atoms with Crippen LogP contribution in [-0.2, 0) is 14.3 Å². The lowest BCUT2D eigenvalue weighted by molar-refractivity contribution is -0.135. The number of rotatable bonds is 9. The highest BCUT2D eigenvalue weighted by Gasteiger charge is 2.23. The van der Waals surface area contributed by atoms with Crippen LogP contribution in [0.25, 0.3) is 0 Å². The first-order chi connectivity index (χ1) is 12.6. The molecule has 2 fully saturated rings. The van der Waals surface area contributed by atoms with Crippen LogP contribution in [0.4, 0.5) is 0 Å². The van der Waals surface area contributed by atoms with Gasteiger partial charge in [-0.05, 0) is 51.2 Å². The highest BCUT2D eigenvalue weighted by atomic mass is 16.5. The summed E-state index contributed by atoms with van der Waals surface area (Å²) in [5.74, 6) is 0.717. The molecular formula is C19H36N4O3. The van der Waals surface area contributed by atoms with E-state index < -0.39 is 0 Å². The van der Waals surface area contributed by atoms with E-state index >= 15 is 0 Å². The molecule has 150 valence electrons. The summed E-state index contributed by atoms with van der Waals surface area (Å²) in [6, 6.07) is 0. The Morgan fingerprint density at radius 1 is 1.12 bits per heavy atom.